The fourth-order valence-electron chi connectivity index (χ4n) is 4.56. The normalized spacial score (nSPS) is 15.7. The van der Waals surface area contributed by atoms with Gasteiger partial charge in [-0.3, -0.25) is 0 Å². The second-order valence-corrected chi connectivity index (χ2v) is 16.7. The summed E-state index contributed by atoms with van der Waals surface area (Å²) in [5, 5.41) is 0. The molecule has 0 aromatic carbocycles. The quantitative estimate of drug-likeness (QED) is 0.0714. The molecule has 0 amide bonds. The third-order valence-electron chi connectivity index (χ3n) is 6.97. The van der Waals surface area contributed by atoms with Gasteiger partial charge in [-0.15, -0.1) is 0 Å². The Morgan fingerprint density at radius 2 is 1.06 bits per heavy atom. The van der Waals surface area contributed by atoms with E-state index < -0.39 is 17.9 Å². The number of unbranched alkanes of at least 4 members (excludes halogenated alkanes) is 15. The third-order valence-corrected chi connectivity index (χ3v) is 13.3. The molecule has 0 spiro atoms. The van der Waals surface area contributed by atoms with Crippen molar-refractivity contribution in [1.29, 1.82) is 0 Å². The molecule has 2 atom stereocenters. The van der Waals surface area contributed by atoms with Crippen molar-refractivity contribution in [1.82, 2.24) is 0 Å². The van der Waals surface area contributed by atoms with Crippen molar-refractivity contribution >= 4 is 27.6 Å². The van der Waals surface area contributed by atoms with Gasteiger partial charge in [0.2, 0.25) is 9.76 Å². The molecular formula is C26H60NO6Si3+. The Hall–Kier alpha value is 0.371. The first-order valence-corrected chi connectivity index (χ1v) is 19.6. The van der Waals surface area contributed by atoms with Crippen molar-refractivity contribution in [3.63, 3.8) is 0 Å². The summed E-state index contributed by atoms with van der Waals surface area (Å²) >= 11 is 0. The van der Waals surface area contributed by atoms with Crippen LogP contribution in [0.5, 0.6) is 0 Å². The predicted octanol–water partition coefficient (Wildman–Crippen LogP) is 6.07. The van der Waals surface area contributed by atoms with Gasteiger partial charge in [0.05, 0.1) is 27.2 Å². The second kappa shape index (κ2) is 22.2. The van der Waals surface area contributed by atoms with E-state index in [4.69, 9.17) is 17.1 Å². The summed E-state index contributed by atoms with van der Waals surface area (Å²) in [4.78, 5) is 21.1. The van der Waals surface area contributed by atoms with E-state index in [9.17, 15) is 9.59 Å². The molecule has 0 aromatic rings. The highest BCUT2D eigenvalue weighted by atomic mass is 28.5. The van der Waals surface area contributed by atoms with Gasteiger partial charge in [0, 0.05) is 26.7 Å². The van der Waals surface area contributed by atoms with Crippen LogP contribution in [0, 0.1) is 0 Å². The molecule has 0 aliphatic rings. The Morgan fingerprint density at radius 1 is 0.639 bits per heavy atom. The summed E-state index contributed by atoms with van der Waals surface area (Å²) in [6, 6.07) is 0.374. The maximum atomic E-state index is 10.7. The van der Waals surface area contributed by atoms with Crippen LogP contribution in [0.3, 0.4) is 0 Å². The van der Waals surface area contributed by atoms with Crippen molar-refractivity contribution in [3.05, 3.63) is 0 Å². The zero-order valence-electron chi connectivity index (χ0n) is 24.6. The number of quaternary nitrogens is 1. The van der Waals surface area contributed by atoms with Gasteiger partial charge >= 0.3 is 17.9 Å². The van der Waals surface area contributed by atoms with E-state index in [1.165, 1.54) is 117 Å². The summed E-state index contributed by atoms with van der Waals surface area (Å²) in [5.74, 6) is 0. The van der Waals surface area contributed by atoms with Gasteiger partial charge in [0.25, 0.3) is 0 Å². The summed E-state index contributed by atoms with van der Waals surface area (Å²) in [5.41, 5.74) is 0. The highest BCUT2D eigenvalue weighted by Crippen LogP contribution is 2.20. The van der Waals surface area contributed by atoms with Gasteiger partial charge in [0.15, 0.2) is 0 Å². The molecule has 2 N–H and O–H groups in total. The van der Waals surface area contributed by atoms with E-state index in [0.717, 1.165) is 24.0 Å². The van der Waals surface area contributed by atoms with Crippen LogP contribution in [0.25, 0.3) is 0 Å². The van der Waals surface area contributed by atoms with Gasteiger partial charge in [-0.2, -0.15) is 0 Å². The Labute approximate surface area is 228 Å². The average Bonchev–Trinajstić information content (AvgIpc) is 2.83. The number of hydrogen-bond acceptors (Lipinski definition) is 6. The first kappa shape index (κ1) is 36.4. The van der Waals surface area contributed by atoms with E-state index in [1.807, 2.05) is 0 Å². The lowest BCUT2D eigenvalue weighted by atomic mass is 10.0. The van der Waals surface area contributed by atoms with Gasteiger partial charge in [-0.05, 0) is 19.4 Å². The number of rotatable bonds is 27. The highest BCUT2D eigenvalue weighted by molar-refractivity contribution is 6.72. The fourth-order valence-corrected chi connectivity index (χ4v) is 9.96. The predicted molar refractivity (Wildman–Crippen MR) is 155 cm³/mol. The van der Waals surface area contributed by atoms with Crippen molar-refractivity contribution in [3.8, 4) is 0 Å². The molecule has 0 aliphatic carbocycles. The first-order valence-electron chi connectivity index (χ1n) is 14.6. The Kier molecular flexibility index (Phi) is 22.4. The summed E-state index contributed by atoms with van der Waals surface area (Å²) in [6.07, 6.45) is 23.0. The Morgan fingerprint density at radius 3 is 1.44 bits per heavy atom. The minimum Gasteiger partial charge on any atom is -0.394 e. The lowest BCUT2D eigenvalue weighted by molar-refractivity contribution is -0.890. The van der Waals surface area contributed by atoms with Crippen LogP contribution in [0.1, 0.15) is 116 Å². The monoisotopic (exact) mass is 566 g/mol. The molecule has 216 valence electrons. The second-order valence-electron chi connectivity index (χ2n) is 10.8. The summed E-state index contributed by atoms with van der Waals surface area (Å²) in [7, 11) is -0.146. The molecule has 36 heavy (non-hydrogen) atoms. The van der Waals surface area contributed by atoms with Crippen molar-refractivity contribution in [2.45, 2.75) is 129 Å². The minimum atomic E-state index is -3.84. The van der Waals surface area contributed by atoms with Crippen LogP contribution in [-0.2, 0) is 17.1 Å². The molecular weight excluding hydrogens is 507 g/mol. The lowest BCUT2D eigenvalue weighted by Crippen LogP contribution is -2.57. The topological polar surface area (TPSA) is 77.4 Å². The van der Waals surface area contributed by atoms with Crippen LogP contribution in [0.2, 0.25) is 12.6 Å². The molecule has 2 unspecified atom stereocenters. The maximum absolute atomic E-state index is 10.7. The fraction of sp³-hybridized carbons (Fsp3) is 1.00. The molecule has 0 rings (SSSR count). The average molecular weight is 567 g/mol. The van der Waals surface area contributed by atoms with Gasteiger partial charge in [-0.1, -0.05) is 96.8 Å². The van der Waals surface area contributed by atoms with E-state index in [1.54, 1.807) is 6.55 Å². The number of nitrogens with zero attached hydrogens (tertiary/aromatic N) is 1. The van der Waals surface area contributed by atoms with E-state index in [2.05, 4.69) is 21.0 Å². The molecule has 0 bridgehead atoms. The SMILES string of the molecule is CCCCCCCCCCCCCCCCCC[N+](C)(C)CCC[Si](O)(OC)O[Si](O)(OC)O[Si]C. The zero-order chi connectivity index (χ0) is 27.2. The minimum absolute atomic E-state index is 0.00853. The molecule has 0 saturated carbocycles. The molecule has 7 nitrogen and oxygen atoms in total. The molecule has 0 saturated heterocycles. The number of hydrogen-bond donors (Lipinski definition) is 2. The molecule has 10 heteroatoms. The highest BCUT2D eigenvalue weighted by Gasteiger charge is 2.51. The zero-order valence-corrected chi connectivity index (χ0v) is 27.6. The molecule has 0 aliphatic heterocycles. The van der Waals surface area contributed by atoms with Crippen molar-refractivity contribution < 1.29 is 31.2 Å². The molecule has 2 radical (unpaired) electrons. The van der Waals surface area contributed by atoms with E-state index in [0.29, 0.717) is 6.04 Å². The van der Waals surface area contributed by atoms with Gasteiger partial charge in [-0.25, -0.2) is 0 Å². The Bertz CT molecular complexity index is 506. The molecule has 0 aromatic heterocycles. The van der Waals surface area contributed by atoms with Crippen LogP contribution >= 0.6 is 0 Å². The van der Waals surface area contributed by atoms with Crippen molar-refractivity contribution in [2.75, 3.05) is 41.4 Å². The van der Waals surface area contributed by atoms with Gasteiger partial charge in [0.1, 0.15) is 0 Å². The largest absolute Gasteiger partial charge is 0.658 e. The standard InChI is InChI=1S/C26H60NO6Si3/c1-7-8-9-10-11-12-13-14-15-16-17-18-19-20-21-22-24-27(2,3)25-23-26-35(28,30-4)33-36(29,31-5)32-34-6/h28-29H,7-26H2,1-6H3/q+1. The summed E-state index contributed by atoms with van der Waals surface area (Å²) < 4.78 is 21.9. The van der Waals surface area contributed by atoms with Crippen molar-refractivity contribution in [2.24, 2.45) is 0 Å². The van der Waals surface area contributed by atoms with Crippen LogP contribution in [0.15, 0.2) is 0 Å². The van der Waals surface area contributed by atoms with Crippen LogP contribution in [-0.4, -0.2) is 83.1 Å². The van der Waals surface area contributed by atoms with E-state index in [-0.39, 0.29) is 9.76 Å². The third kappa shape index (κ3) is 20.3. The van der Waals surface area contributed by atoms with E-state index >= 15 is 0 Å². The summed E-state index contributed by atoms with van der Waals surface area (Å²) in [6.45, 7) is 6.10. The molecule has 0 heterocycles. The van der Waals surface area contributed by atoms with Crippen LogP contribution in [0.4, 0.5) is 0 Å². The van der Waals surface area contributed by atoms with Crippen LogP contribution < -0.4 is 0 Å². The maximum Gasteiger partial charge on any atom is 0.658 e. The molecule has 0 fully saturated rings. The van der Waals surface area contributed by atoms with Gasteiger partial charge < -0.3 is 31.2 Å². The smallest absolute Gasteiger partial charge is 0.394 e. The lowest BCUT2D eigenvalue weighted by Gasteiger charge is -2.32. The Balaban J connectivity index is 3.78. The first-order chi connectivity index (χ1) is 17.2.